The first kappa shape index (κ1) is 13.4. The summed E-state index contributed by atoms with van der Waals surface area (Å²) < 4.78 is 28.5. The lowest BCUT2D eigenvalue weighted by molar-refractivity contribution is 0.0990. The van der Waals surface area contributed by atoms with E-state index in [2.05, 4.69) is 5.10 Å². The van der Waals surface area contributed by atoms with E-state index >= 15 is 0 Å². The summed E-state index contributed by atoms with van der Waals surface area (Å²) in [6.45, 7) is 2.71. The van der Waals surface area contributed by atoms with Crippen LogP contribution in [0.1, 0.15) is 29.3 Å². The Balaban J connectivity index is 2.16. The van der Waals surface area contributed by atoms with Crippen LogP contribution >= 0.6 is 0 Å². The highest BCUT2D eigenvalue weighted by Crippen LogP contribution is 2.15. The number of Topliss-reactive ketones (excluding diaryl/α,β-unsaturated/α-hetero) is 1. The van der Waals surface area contributed by atoms with Gasteiger partial charge < -0.3 is 0 Å². The average Bonchev–Trinajstić information content (AvgIpc) is 2.83. The van der Waals surface area contributed by atoms with E-state index in [0.717, 1.165) is 18.6 Å². The van der Waals surface area contributed by atoms with Gasteiger partial charge in [-0.15, -0.1) is 0 Å². The highest BCUT2D eigenvalue weighted by Gasteiger charge is 2.15. The Morgan fingerprint density at radius 3 is 2.63 bits per heavy atom. The Kier molecular flexibility index (Phi) is 4.04. The van der Waals surface area contributed by atoms with Crippen molar-refractivity contribution in [2.24, 2.45) is 0 Å². The molecule has 0 aliphatic carbocycles. The number of nitrogens with zero attached hydrogens (tertiary/aromatic N) is 2. The second-order valence-electron chi connectivity index (χ2n) is 4.29. The van der Waals surface area contributed by atoms with Crippen molar-refractivity contribution in [2.45, 2.75) is 26.3 Å². The molecule has 1 heterocycles. The zero-order chi connectivity index (χ0) is 13.8. The van der Waals surface area contributed by atoms with Gasteiger partial charge in [-0.25, -0.2) is 8.78 Å². The zero-order valence-corrected chi connectivity index (χ0v) is 10.6. The number of carbonyl (C=O) groups is 1. The van der Waals surface area contributed by atoms with Crippen LogP contribution in [-0.2, 0) is 13.0 Å². The number of hydrogen-bond donors (Lipinski definition) is 0. The Bertz CT molecular complexity index is 573. The molecule has 0 radical (unpaired) electrons. The van der Waals surface area contributed by atoms with Gasteiger partial charge in [-0.2, -0.15) is 5.10 Å². The molecule has 0 saturated heterocycles. The highest BCUT2D eigenvalue weighted by atomic mass is 19.1. The first-order chi connectivity index (χ1) is 9.11. The van der Waals surface area contributed by atoms with Gasteiger partial charge in [0.15, 0.2) is 5.78 Å². The predicted molar refractivity (Wildman–Crippen MR) is 66.9 cm³/mol. The second kappa shape index (κ2) is 5.73. The summed E-state index contributed by atoms with van der Waals surface area (Å²) in [5.74, 6) is -1.74. The van der Waals surface area contributed by atoms with Gasteiger partial charge in [-0.3, -0.25) is 9.48 Å². The molecule has 2 rings (SSSR count). The molecule has 3 nitrogen and oxygen atoms in total. The van der Waals surface area contributed by atoms with Crippen molar-refractivity contribution in [1.82, 2.24) is 9.78 Å². The zero-order valence-electron chi connectivity index (χ0n) is 10.6. The molecule has 0 N–H and O–H groups in total. The van der Waals surface area contributed by atoms with Crippen LogP contribution in [0.25, 0.3) is 0 Å². The minimum atomic E-state index is -0.700. The summed E-state index contributed by atoms with van der Waals surface area (Å²) in [7, 11) is 0. The van der Waals surface area contributed by atoms with E-state index in [1.807, 2.05) is 6.92 Å². The Hall–Kier alpha value is -2.04. The molecule has 0 unspecified atom stereocenters. The molecule has 0 aliphatic rings. The van der Waals surface area contributed by atoms with Crippen LogP contribution in [0.15, 0.2) is 30.6 Å². The largest absolute Gasteiger partial charge is 0.294 e. The Morgan fingerprint density at radius 1 is 1.32 bits per heavy atom. The summed E-state index contributed by atoms with van der Waals surface area (Å²) in [4.78, 5) is 11.9. The summed E-state index contributed by atoms with van der Waals surface area (Å²) in [5.41, 5.74) is 0.173. The SMILES string of the molecule is CCCn1cc(C(=O)Cc2c(F)cccc2F)cn1. The van der Waals surface area contributed by atoms with Crippen LogP contribution in [-0.4, -0.2) is 15.6 Å². The van der Waals surface area contributed by atoms with Crippen LogP contribution < -0.4 is 0 Å². The molecule has 1 aromatic carbocycles. The lowest BCUT2D eigenvalue weighted by Crippen LogP contribution is -2.06. The smallest absolute Gasteiger partial charge is 0.170 e. The third kappa shape index (κ3) is 3.05. The Morgan fingerprint density at radius 2 is 2.00 bits per heavy atom. The van der Waals surface area contributed by atoms with Crippen LogP contribution in [0.4, 0.5) is 8.78 Å². The number of aryl methyl sites for hydroxylation is 1. The molecule has 0 saturated carbocycles. The Labute approximate surface area is 109 Å². The molecule has 0 spiro atoms. The fraction of sp³-hybridized carbons (Fsp3) is 0.286. The average molecular weight is 264 g/mol. The fourth-order valence-electron chi connectivity index (χ4n) is 1.82. The monoisotopic (exact) mass is 264 g/mol. The lowest BCUT2D eigenvalue weighted by atomic mass is 10.0. The predicted octanol–water partition coefficient (Wildman–Crippen LogP) is 3.00. The first-order valence-corrected chi connectivity index (χ1v) is 6.10. The van der Waals surface area contributed by atoms with Crippen molar-refractivity contribution in [1.29, 1.82) is 0 Å². The molecule has 0 atom stereocenters. The van der Waals surface area contributed by atoms with Crippen molar-refractivity contribution in [3.8, 4) is 0 Å². The van der Waals surface area contributed by atoms with Crippen LogP contribution in [0.5, 0.6) is 0 Å². The molecular weight excluding hydrogens is 250 g/mol. The fourth-order valence-corrected chi connectivity index (χ4v) is 1.82. The molecule has 100 valence electrons. The van der Waals surface area contributed by atoms with Crippen molar-refractivity contribution in [3.05, 3.63) is 53.4 Å². The van der Waals surface area contributed by atoms with Gasteiger partial charge in [0.1, 0.15) is 11.6 Å². The maximum atomic E-state index is 13.4. The van der Waals surface area contributed by atoms with Gasteiger partial charge in [0.2, 0.25) is 0 Å². The van der Waals surface area contributed by atoms with Gasteiger partial charge >= 0.3 is 0 Å². The van der Waals surface area contributed by atoms with Crippen LogP contribution in [0, 0.1) is 11.6 Å². The van der Waals surface area contributed by atoms with Crippen LogP contribution in [0.2, 0.25) is 0 Å². The van der Waals surface area contributed by atoms with Crippen LogP contribution in [0.3, 0.4) is 0 Å². The minimum absolute atomic E-state index is 0.198. The van der Waals surface area contributed by atoms with Gasteiger partial charge in [-0.1, -0.05) is 13.0 Å². The maximum absolute atomic E-state index is 13.4. The summed E-state index contributed by atoms with van der Waals surface area (Å²) in [6, 6.07) is 3.57. The quantitative estimate of drug-likeness (QED) is 0.778. The molecule has 0 aliphatic heterocycles. The minimum Gasteiger partial charge on any atom is -0.294 e. The van der Waals surface area contributed by atoms with Crippen molar-refractivity contribution in [3.63, 3.8) is 0 Å². The summed E-state index contributed by atoms with van der Waals surface area (Å²) >= 11 is 0. The lowest BCUT2D eigenvalue weighted by Gasteiger charge is -2.02. The number of carbonyl (C=O) groups excluding carboxylic acids is 1. The number of halogens is 2. The third-order valence-electron chi connectivity index (χ3n) is 2.81. The normalized spacial score (nSPS) is 10.7. The van der Waals surface area contributed by atoms with E-state index in [1.54, 1.807) is 10.9 Å². The summed E-state index contributed by atoms with van der Waals surface area (Å²) in [5, 5.41) is 4.02. The van der Waals surface area contributed by atoms with E-state index in [-0.39, 0.29) is 17.8 Å². The number of benzene rings is 1. The van der Waals surface area contributed by atoms with Gasteiger partial charge in [-0.05, 0) is 18.6 Å². The standard InChI is InChI=1S/C14H14F2N2O/c1-2-6-18-9-10(8-17-18)14(19)7-11-12(15)4-3-5-13(11)16/h3-5,8-9H,2,6-7H2,1H3. The van der Waals surface area contributed by atoms with E-state index < -0.39 is 11.6 Å². The first-order valence-electron chi connectivity index (χ1n) is 6.10. The number of rotatable bonds is 5. The number of hydrogen-bond acceptors (Lipinski definition) is 2. The third-order valence-corrected chi connectivity index (χ3v) is 2.81. The van der Waals surface area contributed by atoms with E-state index in [9.17, 15) is 13.6 Å². The second-order valence-corrected chi connectivity index (χ2v) is 4.29. The van der Waals surface area contributed by atoms with Crippen molar-refractivity contribution >= 4 is 5.78 Å². The maximum Gasteiger partial charge on any atom is 0.170 e. The highest BCUT2D eigenvalue weighted by molar-refractivity contribution is 5.97. The molecule has 0 fully saturated rings. The topological polar surface area (TPSA) is 34.9 Å². The molecular formula is C14H14F2N2O. The molecule has 1 aromatic heterocycles. The molecule has 5 heteroatoms. The molecule has 0 amide bonds. The number of aromatic nitrogens is 2. The summed E-state index contributed by atoms with van der Waals surface area (Å²) in [6.07, 6.45) is 3.63. The molecule has 0 bridgehead atoms. The van der Waals surface area contributed by atoms with Crippen molar-refractivity contribution in [2.75, 3.05) is 0 Å². The number of ketones is 1. The van der Waals surface area contributed by atoms with E-state index in [4.69, 9.17) is 0 Å². The molecule has 2 aromatic rings. The van der Waals surface area contributed by atoms with Gasteiger partial charge in [0.05, 0.1) is 11.8 Å². The van der Waals surface area contributed by atoms with Gasteiger partial charge in [0.25, 0.3) is 0 Å². The van der Waals surface area contributed by atoms with Crippen molar-refractivity contribution < 1.29 is 13.6 Å². The molecule has 19 heavy (non-hydrogen) atoms. The van der Waals surface area contributed by atoms with E-state index in [1.165, 1.54) is 12.3 Å². The van der Waals surface area contributed by atoms with Gasteiger partial charge in [0, 0.05) is 24.7 Å². The van der Waals surface area contributed by atoms with E-state index in [0.29, 0.717) is 12.1 Å².